The van der Waals surface area contributed by atoms with Crippen molar-refractivity contribution < 1.29 is 9.53 Å². The normalized spacial score (nSPS) is 18.6. The highest BCUT2D eigenvalue weighted by Crippen LogP contribution is 2.16. The zero-order valence-electron chi connectivity index (χ0n) is 9.48. The molecule has 88 valence electrons. The number of ether oxygens (including phenoxy) is 1. The minimum atomic E-state index is -0.0402. The maximum absolute atomic E-state index is 11.7. The van der Waals surface area contributed by atoms with E-state index in [1.165, 1.54) is 0 Å². The molecule has 1 heterocycles. The maximum Gasteiger partial charge on any atom is 0.226 e. The average Bonchev–Trinajstić information content (AvgIpc) is 2.82. The highest BCUT2D eigenvalue weighted by Gasteiger charge is 2.18. The van der Waals surface area contributed by atoms with Crippen LogP contribution < -0.4 is 5.32 Å². The Hall–Kier alpha value is -1.86. The molecule has 0 aromatic heterocycles. The van der Waals surface area contributed by atoms with Crippen LogP contribution in [-0.2, 0) is 9.53 Å². The van der Waals surface area contributed by atoms with E-state index in [1.807, 2.05) is 6.07 Å². The zero-order valence-corrected chi connectivity index (χ0v) is 9.48. The van der Waals surface area contributed by atoms with Crippen LogP contribution in [0.5, 0.6) is 0 Å². The van der Waals surface area contributed by atoms with Gasteiger partial charge in [0, 0.05) is 12.3 Å². The fraction of sp³-hybridized carbons (Fsp3) is 0.385. The first-order chi connectivity index (χ1) is 8.28. The molecule has 1 fully saturated rings. The van der Waals surface area contributed by atoms with Gasteiger partial charge < -0.3 is 10.1 Å². The van der Waals surface area contributed by atoms with Gasteiger partial charge in [-0.2, -0.15) is 5.26 Å². The molecule has 0 aliphatic carbocycles. The Balaban J connectivity index is 1.86. The number of rotatable bonds is 3. The van der Waals surface area contributed by atoms with Gasteiger partial charge in [0.1, 0.15) is 0 Å². The fourth-order valence-corrected chi connectivity index (χ4v) is 1.85. The van der Waals surface area contributed by atoms with Gasteiger partial charge in [0.25, 0.3) is 0 Å². The van der Waals surface area contributed by atoms with Gasteiger partial charge in [-0.05, 0) is 37.1 Å². The molecule has 0 spiro atoms. The predicted molar refractivity (Wildman–Crippen MR) is 63.4 cm³/mol. The predicted octanol–water partition coefficient (Wildman–Crippen LogP) is 2.07. The molecule has 1 aliphatic heterocycles. The van der Waals surface area contributed by atoms with Crippen molar-refractivity contribution in [3.05, 3.63) is 29.8 Å². The molecule has 1 N–H and O–H groups in total. The summed E-state index contributed by atoms with van der Waals surface area (Å²) in [5.74, 6) is -0.0402. The first kappa shape index (κ1) is 11.6. The molecule has 2 rings (SSSR count). The molecule has 4 nitrogen and oxygen atoms in total. The topological polar surface area (TPSA) is 62.1 Å². The summed E-state index contributed by atoms with van der Waals surface area (Å²) in [6.45, 7) is 0.759. The lowest BCUT2D eigenvalue weighted by molar-refractivity contribution is -0.118. The lowest BCUT2D eigenvalue weighted by atomic mass is 10.1. The van der Waals surface area contributed by atoms with Crippen LogP contribution in [0.4, 0.5) is 5.69 Å². The minimum Gasteiger partial charge on any atom is -0.378 e. The van der Waals surface area contributed by atoms with E-state index in [-0.39, 0.29) is 12.0 Å². The van der Waals surface area contributed by atoms with Gasteiger partial charge in [-0.15, -0.1) is 0 Å². The lowest BCUT2D eigenvalue weighted by Gasteiger charge is -2.09. The van der Waals surface area contributed by atoms with E-state index < -0.39 is 0 Å². The molecule has 1 amide bonds. The van der Waals surface area contributed by atoms with E-state index >= 15 is 0 Å². The van der Waals surface area contributed by atoms with Gasteiger partial charge in [0.05, 0.1) is 24.2 Å². The van der Waals surface area contributed by atoms with Gasteiger partial charge in [-0.25, -0.2) is 0 Å². The van der Waals surface area contributed by atoms with Crippen LogP contribution in [0.1, 0.15) is 24.8 Å². The third kappa shape index (κ3) is 3.30. The number of hydrogen-bond donors (Lipinski definition) is 1. The highest BCUT2D eigenvalue weighted by molar-refractivity contribution is 5.91. The SMILES string of the molecule is N#Cc1ccc(NC(=O)CC2CCCO2)cc1. The van der Waals surface area contributed by atoms with Crippen LogP contribution in [0.3, 0.4) is 0 Å². The lowest BCUT2D eigenvalue weighted by Crippen LogP contribution is -2.19. The van der Waals surface area contributed by atoms with E-state index in [0.29, 0.717) is 17.7 Å². The van der Waals surface area contributed by atoms with Crippen LogP contribution in [0, 0.1) is 11.3 Å². The third-order valence-electron chi connectivity index (χ3n) is 2.73. The second-order valence-electron chi connectivity index (χ2n) is 4.08. The number of anilines is 1. The van der Waals surface area contributed by atoms with Crippen LogP contribution >= 0.6 is 0 Å². The number of amides is 1. The monoisotopic (exact) mass is 230 g/mol. The van der Waals surface area contributed by atoms with Crippen LogP contribution in [0.2, 0.25) is 0 Å². The molecule has 0 radical (unpaired) electrons. The Bertz CT molecular complexity index is 428. The standard InChI is InChI=1S/C13H14N2O2/c14-9-10-3-5-11(6-4-10)15-13(16)8-12-2-1-7-17-12/h3-6,12H,1-2,7-8H2,(H,15,16). The molecule has 1 unspecified atom stereocenters. The smallest absolute Gasteiger partial charge is 0.226 e. The summed E-state index contributed by atoms with van der Waals surface area (Å²) in [6, 6.07) is 8.85. The third-order valence-corrected chi connectivity index (χ3v) is 2.73. The molecule has 1 atom stereocenters. The first-order valence-corrected chi connectivity index (χ1v) is 5.69. The Morgan fingerprint density at radius 1 is 1.47 bits per heavy atom. The molecule has 1 aromatic carbocycles. The van der Waals surface area contributed by atoms with Crippen LogP contribution in [-0.4, -0.2) is 18.6 Å². The van der Waals surface area contributed by atoms with Crippen molar-refractivity contribution >= 4 is 11.6 Å². The summed E-state index contributed by atoms with van der Waals surface area (Å²) < 4.78 is 5.39. The molecule has 1 aromatic rings. The second-order valence-corrected chi connectivity index (χ2v) is 4.08. The minimum absolute atomic E-state index is 0.0402. The highest BCUT2D eigenvalue weighted by atomic mass is 16.5. The molecule has 1 saturated heterocycles. The number of carbonyl (C=O) groups excluding carboxylic acids is 1. The van der Waals surface area contributed by atoms with E-state index in [1.54, 1.807) is 24.3 Å². The Morgan fingerprint density at radius 3 is 2.82 bits per heavy atom. The number of benzene rings is 1. The summed E-state index contributed by atoms with van der Waals surface area (Å²) in [6.07, 6.45) is 2.46. The van der Waals surface area contributed by atoms with E-state index in [9.17, 15) is 4.79 Å². The average molecular weight is 230 g/mol. The summed E-state index contributed by atoms with van der Waals surface area (Å²) in [5, 5.41) is 11.4. The van der Waals surface area contributed by atoms with Crippen molar-refractivity contribution in [2.75, 3.05) is 11.9 Å². The van der Waals surface area contributed by atoms with Crippen molar-refractivity contribution in [1.29, 1.82) is 5.26 Å². The van der Waals surface area contributed by atoms with Gasteiger partial charge in [-0.3, -0.25) is 4.79 Å². The number of carbonyl (C=O) groups is 1. The molecule has 0 saturated carbocycles. The molecule has 4 heteroatoms. The number of nitriles is 1. The molecular formula is C13H14N2O2. The Morgan fingerprint density at radius 2 is 2.24 bits per heavy atom. The van der Waals surface area contributed by atoms with E-state index in [2.05, 4.69) is 5.32 Å². The maximum atomic E-state index is 11.7. The van der Waals surface area contributed by atoms with Crippen LogP contribution in [0.25, 0.3) is 0 Å². The fourth-order valence-electron chi connectivity index (χ4n) is 1.85. The van der Waals surface area contributed by atoms with Crippen molar-refractivity contribution in [3.63, 3.8) is 0 Å². The van der Waals surface area contributed by atoms with Crippen molar-refractivity contribution in [2.45, 2.75) is 25.4 Å². The molecule has 17 heavy (non-hydrogen) atoms. The summed E-state index contributed by atoms with van der Waals surface area (Å²) in [5.41, 5.74) is 1.30. The number of hydrogen-bond acceptors (Lipinski definition) is 3. The summed E-state index contributed by atoms with van der Waals surface area (Å²) >= 11 is 0. The zero-order chi connectivity index (χ0) is 12.1. The molecule has 0 bridgehead atoms. The number of nitrogens with zero attached hydrogens (tertiary/aromatic N) is 1. The van der Waals surface area contributed by atoms with Gasteiger partial charge in [0.2, 0.25) is 5.91 Å². The molecule has 1 aliphatic rings. The van der Waals surface area contributed by atoms with Crippen molar-refractivity contribution in [2.24, 2.45) is 0 Å². The van der Waals surface area contributed by atoms with Crippen molar-refractivity contribution in [1.82, 2.24) is 0 Å². The summed E-state index contributed by atoms with van der Waals surface area (Å²) in [4.78, 5) is 11.7. The Kier molecular flexibility index (Phi) is 3.73. The quantitative estimate of drug-likeness (QED) is 0.864. The second kappa shape index (κ2) is 5.46. The van der Waals surface area contributed by atoms with E-state index in [4.69, 9.17) is 10.00 Å². The largest absolute Gasteiger partial charge is 0.378 e. The van der Waals surface area contributed by atoms with Crippen molar-refractivity contribution in [3.8, 4) is 6.07 Å². The molecular weight excluding hydrogens is 216 g/mol. The Labute approximate surface area is 100 Å². The van der Waals surface area contributed by atoms with Gasteiger partial charge in [-0.1, -0.05) is 0 Å². The summed E-state index contributed by atoms with van der Waals surface area (Å²) in [7, 11) is 0. The number of nitrogens with one attached hydrogen (secondary N) is 1. The first-order valence-electron chi connectivity index (χ1n) is 5.69. The van der Waals surface area contributed by atoms with Crippen LogP contribution in [0.15, 0.2) is 24.3 Å². The van der Waals surface area contributed by atoms with E-state index in [0.717, 1.165) is 19.4 Å². The van der Waals surface area contributed by atoms with Gasteiger partial charge >= 0.3 is 0 Å². The van der Waals surface area contributed by atoms with Gasteiger partial charge in [0.15, 0.2) is 0 Å².